The van der Waals surface area contributed by atoms with Gasteiger partial charge in [0, 0.05) is 35.6 Å². The smallest absolute Gasteiger partial charge is 0.176 e. The van der Waals surface area contributed by atoms with Crippen LogP contribution in [-0.4, -0.2) is 38.8 Å². The molecule has 0 unspecified atom stereocenters. The zero-order valence-electron chi connectivity index (χ0n) is 19.4. The number of fused-ring (bicyclic) bond motifs is 3. The molecule has 1 saturated heterocycles. The fourth-order valence-electron chi connectivity index (χ4n) is 5.94. The molecule has 2 N–H and O–H groups in total. The Hall–Kier alpha value is -3.29. The molecule has 0 saturated carbocycles. The summed E-state index contributed by atoms with van der Waals surface area (Å²) in [5, 5.41) is 2.03. The zero-order chi connectivity index (χ0) is 23.4. The summed E-state index contributed by atoms with van der Waals surface area (Å²) in [6.45, 7) is 1.97. The molecule has 7 heteroatoms. The van der Waals surface area contributed by atoms with Gasteiger partial charge in [0.2, 0.25) is 0 Å². The van der Waals surface area contributed by atoms with Crippen LogP contribution in [-0.2, 0) is 12.8 Å². The molecule has 1 spiro atoms. The maximum Gasteiger partial charge on any atom is 0.176 e. The van der Waals surface area contributed by atoms with Crippen molar-refractivity contribution in [2.75, 3.05) is 13.1 Å². The number of rotatable bonds is 2. The fourth-order valence-corrected chi connectivity index (χ4v) is 6.84. The first-order valence-corrected chi connectivity index (χ1v) is 13.0. The summed E-state index contributed by atoms with van der Waals surface area (Å²) in [6, 6.07) is 19.1. The highest BCUT2D eigenvalue weighted by Crippen LogP contribution is 2.50. The van der Waals surface area contributed by atoms with Gasteiger partial charge in [-0.05, 0) is 47.9 Å². The van der Waals surface area contributed by atoms with Crippen molar-refractivity contribution in [3.05, 3.63) is 83.8 Å². The molecule has 0 bridgehead atoms. The van der Waals surface area contributed by atoms with Gasteiger partial charge < -0.3 is 10.6 Å². The molecule has 1 atom stereocenters. The average Bonchev–Trinajstić information content (AvgIpc) is 3.44. The van der Waals surface area contributed by atoms with Gasteiger partial charge in [-0.15, -0.1) is 0 Å². The molecule has 2 aromatic carbocycles. The quantitative estimate of drug-likeness (QED) is 0.432. The molecule has 35 heavy (non-hydrogen) atoms. The first kappa shape index (κ1) is 21.0. The van der Waals surface area contributed by atoms with Crippen LogP contribution in [0, 0.1) is 5.41 Å². The second-order valence-corrected chi connectivity index (χ2v) is 10.9. The monoisotopic (exact) mass is 478 g/mol. The predicted molar refractivity (Wildman–Crippen MR) is 139 cm³/mol. The van der Waals surface area contributed by atoms with Gasteiger partial charge in [-0.1, -0.05) is 54.2 Å². The molecule has 1 aliphatic carbocycles. The highest BCUT2D eigenvalue weighted by Gasteiger charge is 2.46. The number of amidine groups is 1. The van der Waals surface area contributed by atoms with Crippen LogP contribution in [0.15, 0.2) is 81.9 Å². The summed E-state index contributed by atoms with van der Waals surface area (Å²) in [5.74, 6) is 1.85. The largest absolute Gasteiger partial charge is 0.360 e. The van der Waals surface area contributed by atoms with Crippen LogP contribution in [0.25, 0.3) is 10.9 Å². The standard InChI is InChI=1S/C28H26N6S/c29-26-19-6-2-1-5-18(19)16-28(26)10-13-34(14-11-28)24-15-22-27(33-24)31-17-25(32-22)35-23-9-12-30-21-8-4-3-7-20(21)23/h1-9,12,17,26H,10-11,13-16,29H2/t26-/m1/s1. The van der Waals surface area contributed by atoms with Gasteiger partial charge in [-0.2, -0.15) is 0 Å². The summed E-state index contributed by atoms with van der Waals surface area (Å²) in [6.07, 6.45) is 7.71. The molecule has 174 valence electrons. The number of nitrogens with zero attached hydrogens (tertiary/aromatic N) is 5. The lowest BCUT2D eigenvalue weighted by Crippen LogP contribution is -2.46. The van der Waals surface area contributed by atoms with Crippen molar-refractivity contribution in [1.82, 2.24) is 19.9 Å². The van der Waals surface area contributed by atoms with Crippen molar-refractivity contribution in [1.29, 1.82) is 0 Å². The highest BCUT2D eigenvalue weighted by molar-refractivity contribution is 7.99. The lowest BCUT2D eigenvalue weighted by Gasteiger charge is -2.43. The molecule has 3 aliphatic rings. The molecule has 7 rings (SSSR count). The maximum atomic E-state index is 6.76. The van der Waals surface area contributed by atoms with E-state index in [0.717, 1.165) is 76.9 Å². The van der Waals surface area contributed by atoms with Crippen molar-refractivity contribution < 1.29 is 0 Å². The Kier molecular flexibility index (Phi) is 4.89. The van der Waals surface area contributed by atoms with Crippen molar-refractivity contribution in [2.45, 2.75) is 41.6 Å². The maximum absolute atomic E-state index is 6.76. The average molecular weight is 479 g/mol. The molecule has 1 fully saturated rings. The van der Waals surface area contributed by atoms with Crippen LogP contribution in [0.2, 0.25) is 0 Å². The van der Waals surface area contributed by atoms with Gasteiger partial charge >= 0.3 is 0 Å². The van der Waals surface area contributed by atoms with E-state index >= 15 is 0 Å². The number of hydrogen-bond acceptors (Lipinski definition) is 7. The number of aliphatic imine (C=N–C) groups is 1. The molecular formula is C28H26N6S. The molecule has 6 nitrogen and oxygen atoms in total. The number of para-hydroxylation sites is 1. The van der Waals surface area contributed by atoms with E-state index in [9.17, 15) is 0 Å². The van der Waals surface area contributed by atoms with Gasteiger partial charge in [0.05, 0.1) is 23.8 Å². The normalized spacial score (nSPS) is 20.2. The van der Waals surface area contributed by atoms with Crippen LogP contribution in [0.4, 0.5) is 5.82 Å². The number of likely N-dealkylation sites (tertiary alicyclic amines) is 1. The van der Waals surface area contributed by atoms with Crippen molar-refractivity contribution in [3.8, 4) is 0 Å². The van der Waals surface area contributed by atoms with Gasteiger partial charge in [0.1, 0.15) is 10.9 Å². The second-order valence-electron chi connectivity index (χ2n) is 9.81. The van der Waals surface area contributed by atoms with E-state index in [1.54, 1.807) is 11.8 Å². The third-order valence-electron chi connectivity index (χ3n) is 7.90. The van der Waals surface area contributed by atoms with Gasteiger partial charge in [-0.25, -0.2) is 15.0 Å². The van der Waals surface area contributed by atoms with Crippen LogP contribution in [0.1, 0.15) is 35.7 Å². The van der Waals surface area contributed by atoms with Gasteiger partial charge in [-0.3, -0.25) is 4.98 Å². The molecule has 4 heterocycles. The predicted octanol–water partition coefficient (Wildman–Crippen LogP) is 5.10. The Morgan fingerprint density at radius 3 is 2.69 bits per heavy atom. The summed E-state index contributed by atoms with van der Waals surface area (Å²) in [4.78, 5) is 22.5. The molecule has 2 aromatic heterocycles. The Morgan fingerprint density at radius 1 is 0.971 bits per heavy atom. The van der Waals surface area contributed by atoms with Crippen molar-refractivity contribution in [3.63, 3.8) is 0 Å². The summed E-state index contributed by atoms with van der Waals surface area (Å²) in [7, 11) is 0. The fraction of sp³-hybridized carbons (Fsp3) is 0.286. The molecule has 0 amide bonds. The van der Waals surface area contributed by atoms with E-state index in [4.69, 9.17) is 15.7 Å². The van der Waals surface area contributed by atoms with E-state index in [1.807, 2.05) is 36.7 Å². The molecule has 4 aromatic rings. The highest BCUT2D eigenvalue weighted by atomic mass is 32.2. The van der Waals surface area contributed by atoms with Crippen molar-refractivity contribution >= 4 is 34.3 Å². The first-order chi connectivity index (χ1) is 17.2. The van der Waals surface area contributed by atoms with Crippen LogP contribution >= 0.6 is 11.8 Å². The van der Waals surface area contributed by atoms with Crippen molar-refractivity contribution in [2.24, 2.45) is 16.1 Å². The number of pyridine rings is 1. The lowest BCUT2D eigenvalue weighted by atomic mass is 9.73. The van der Waals surface area contributed by atoms with E-state index < -0.39 is 0 Å². The SMILES string of the molecule is N[C@@H]1c2ccccc2CC12CCN(C1=Nc3ncc(Sc4ccnc5ccccc45)nc3C1)CC2. The number of nitrogens with two attached hydrogens (primary N) is 1. The molecular weight excluding hydrogens is 452 g/mol. The summed E-state index contributed by atoms with van der Waals surface area (Å²) in [5.41, 5.74) is 11.7. The van der Waals surface area contributed by atoms with E-state index in [1.165, 1.54) is 11.1 Å². The van der Waals surface area contributed by atoms with Crippen LogP contribution < -0.4 is 5.73 Å². The number of aromatic nitrogens is 3. The Bertz CT molecular complexity index is 1470. The van der Waals surface area contributed by atoms with Crippen LogP contribution in [0.5, 0.6) is 0 Å². The molecule has 2 aliphatic heterocycles. The summed E-state index contributed by atoms with van der Waals surface area (Å²) < 4.78 is 0. The Balaban J connectivity index is 1.05. The van der Waals surface area contributed by atoms with Crippen LogP contribution in [0.3, 0.4) is 0 Å². The Labute approximate surface area is 208 Å². The van der Waals surface area contributed by atoms with E-state index in [2.05, 4.69) is 45.2 Å². The second kappa shape index (κ2) is 8.14. The zero-order valence-corrected chi connectivity index (χ0v) is 20.2. The van der Waals surface area contributed by atoms with Gasteiger partial charge in [0.15, 0.2) is 5.82 Å². The minimum absolute atomic E-state index is 0.135. The number of hydrogen-bond donors (Lipinski definition) is 1. The third-order valence-corrected chi connectivity index (χ3v) is 8.88. The van der Waals surface area contributed by atoms with E-state index in [-0.39, 0.29) is 11.5 Å². The Morgan fingerprint density at radius 2 is 1.80 bits per heavy atom. The minimum atomic E-state index is 0.135. The van der Waals surface area contributed by atoms with Gasteiger partial charge in [0.25, 0.3) is 0 Å². The lowest BCUT2D eigenvalue weighted by molar-refractivity contribution is 0.127. The number of benzene rings is 2. The topological polar surface area (TPSA) is 80.3 Å². The van der Waals surface area contributed by atoms with E-state index in [0.29, 0.717) is 0 Å². The molecule has 0 radical (unpaired) electrons. The number of piperidine rings is 1. The third kappa shape index (κ3) is 3.53. The minimum Gasteiger partial charge on any atom is -0.360 e. The first-order valence-electron chi connectivity index (χ1n) is 12.2. The summed E-state index contributed by atoms with van der Waals surface area (Å²) >= 11 is 1.63.